The first-order chi connectivity index (χ1) is 8.04. The van der Waals surface area contributed by atoms with Crippen LogP contribution in [0.5, 0.6) is 0 Å². The predicted octanol–water partition coefficient (Wildman–Crippen LogP) is -1.29. The quantitative estimate of drug-likeness (QED) is 0.594. The van der Waals surface area contributed by atoms with Crippen LogP contribution >= 0.6 is 0 Å². The molecule has 1 fully saturated rings. The van der Waals surface area contributed by atoms with Gasteiger partial charge in [0.1, 0.15) is 18.1 Å². The summed E-state index contributed by atoms with van der Waals surface area (Å²) < 4.78 is 6.69. The molecule has 1 aliphatic heterocycles. The zero-order valence-electron chi connectivity index (χ0n) is 9.35. The summed E-state index contributed by atoms with van der Waals surface area (Å²) in [6.45, 7) is 1.45. The second-order valence-corrected chi connectivity index (χ2v) is 4.14. The first-order valence-corrected chi connectivity index (χ1v) is 5.33. The molecule has 1 unspecified atom stereocenters. The van der Waals surface area contributed by atoms with Crippen LogP contribution in [0.4, 0.5) is 5.82 Å². The van der Waals surface area contributed by atoms with Crippen LogP contribution in [0.2, 0.25) is 0 Å². The van der Waals surface area contributed by atoms with Crippen molar-refractivity contribution < 1.29 is 14.9 Å². The van der Waals surface area contributed by atoms with Gasteiger partial charge in [0.05, 0.1) is 12.7 Å². The van der Waals surface area contributed by atoms with Gasteiger partial charge in [0, 0.05) is 12.1 Å². The van der Waals surface area contributed by atoms with Crippen LogP contribution < -0.4 is 11.4 Å². The minimum Gasteiger partial charge on any atom is -0.394 e. The molecular formula is C10H15N3O4. The third-order valence-electron chi connectivity index (χ3n) is 2.99. The molecule has 1 aromatic rings. The van der Waals surface area contributed by atoms with Gasteiger partial charge in [-0.25, -0.2) is 4.79 Å². The SMILES string of the molecule is C[C@@H]1C(n2ccc(N)nc2=O)O[C@H](CO)[C@H]1O. The van der Waals surface area contributed by atoms with Gasteiger partial charge in [0.2, 0.25) is 0 Å². The van der Waals surface area contributed by atoms with Gasteiger partial charge in [-0.2, -0.15) is 4.98 Å². The normalized spacial score (nSPS) is 32.9. The maximum atomic E-state index is 11.6. The fourth-order valence-corrected chi connectivity index (χ4v) is 1.98. The van der Waals surface area contributed by atoms with E-state index in [4.69, 9.17) is 15.6 Å². The molecule has 0 aromatic carbocycles. The van der Waals surface area contributed by atoms with Crippen molar-refractivity contribution in [2.45, 2.75) is 25.4 Å². The Balaban J connectivity index is 2.32. The average molecular weight is 241 g/mol. The maximum absolute atomic E-state index is 11.6. The number of hydrogen-bond donors (Lipinski definition) is 3. The highest BCUT2D eigenvalue weighted by atomic mass is 16.5. The van der Waals surface area contributed by atoms with Crippen molar-refractivity contribution in [1.82, 2.24) is 9.55 Å². The summed E-state index contributed by atoms with van der Waals surface area (Å²) >= 11 is 0. The molecule has 2 heterocycles. The van der Waals surface area contributed by atoms with Crippen molar-refractivity contribution in [3.63, 3.8) is 0 Å². The number of aliphatic hydroxyl groups excluding tert-OH is 2. The molecule has 7 nitrogen and oxygen atoms in total. The number of anilines is 1. The molecule has 2 rings (SSSR count). The highest BCUT2D eigenvalue weighted by Gasteiger charge is 2.41. The first kappa shape index (κ1) is 12.0. The lowest BCUT2D eigenvalue weighted by atomic mass is 10.0. The van der Waals surface area contributed by atoms with E-state index in [-0.39, 0.29) is 18.3 Å². The van der Waals surface area contributed by atoms with Crippen LogP contribution in [0.3, 0.4) is 0 Å². The van der Waals surface area contributed by atoms with Crippen LogP contribution in [-0.2, 0) is 4.74 Å². The van der Waals surface area contributed by atoms with E-state index < -0.39 is 24.1 Å². The van der Waals surface area contributed by atoms with Crippen molar-refractivity contribution in [3.05, 3.63) is 22.7 Å². The average Bonchev–Trinajstić information content (AvgIpc) is 2.57. The van der Waals surface area contributed by atoms with E-state index in [0.717, 1.165) is 0 Å². The number of ether oxygens (including phenoxy) is 1. The lowest BCUT2D eigenvalue weighted by Crippen LogP contribution is -2.30. The summed E-state index contributed by atoms with van der Waals surface area (Å²) in [7, 11) is 0. The molecule has 7 heteroatoms. The number of aromatic nitrogens is 2. The van der Waals surface area contributed by atoms with Gasteiger partial charge in [0.15, 0.2) is 0 Å². The Morgan fingerprint density at radius 1 is 1.65 bits per heavy atom. The zero-order chi connectivity index (χ0) is 12.6. The molecule has 17 heavy (non-hydrogen) atoms. The fourth-order valence-electron chi connectivity index (χ4n) is 1.98. The summed E-state index contributed by atoms with van der Waals surface area (Å²) in [4.78, 5) is 15.2. The predicted molar refractivity (Wildman–Crippen MR) is 59.1 cm³/mol. The van der Waals surface area contributed by atoms with E-state index in [1.54, 1.807) is 6.92 Å². The maximum Gasteiger partial charge on any atom is 0.351 e. The molecule has 0 spiro atoms. The monoisotopic (exact) mass is 241 g/mol. The topological polar surface area (TPSA) is 111 Å². The molecule has 4 atom stereocenters. The number of rotatable bonds is 2. The molecule has 1 saturated heterocycles. The number of nitrogens with zero attached hydrogens (tertiary/aromatic N) is 2. The van der Waals surface area contributed by atoms with Crippen LogP contribution in [-0.4, -0.2) is 38.6 Å². The number of aliphatic hydroxyl groups is 2. The van der Waals surface area contributed by atoms with Crippen LogP contribution in [0.1, 0.15) is 13.2 Å². The van der Waals surface area contributed by atoms with Gasteiger partial charge < -0.3 is 20.7 Å². The van der Waals surface area contributed by atoms with Gasteiger partial charge in [0.25, 0.3) is 0 Å². The minimum atomic E-state index is -0.811. The van der Waals surface area contributed by atoms with E-state index in [2.05, 4.69) is 4.98 Å². The zero-order valence-corrected chi connectivity index (χ0v) is 9.35. The lowest BCUT2D eigenvalue weighted by molar-refractivity contribution is -0.0476. The van der Waals surface area contributed by atoms with Crippen LogP contribution in [0, 0.1) is 5.92 Å². The third-order valence-corrected chi connectivity index (χ3v) is 2.99. The summed E-state index contributed by atoms with van der Waals surface area (Å²) in [5, 5.41) is 18.8. The van der Waals surface area contributed by atoms with Gasteiger partial charge in [-0.1, -0.05) is 6.92 Å². The molecule has 0 amide bonds. The van der Waals surface area contributed by atoms with E-state index in [1.165, 1.54) is 16.8 Å². The summed E-state index contributed by atoms with van der Waals surface area (Å²) in [6.07, 6.45) is -0.658. The Morgan fingerprint density at radius 3 is 2.88 bits per heavy atom. The van der Waals surface area contributed by atoms with Crippen molar-refractivity contribution in [2.24, 2.45) is 5.92 Å². The molecule has 0 aliphatic carbocycles. The van der Waals surface area contributed by atoms with E-state index >= 15 is 0 Å². The molecule has 1 aromatic heterocycles. The summed E-state index contributed by atoms with van der Waals surface area (Å²) in [5.74, 6) is -0.175. The molecular weight excluding hydrogens is 226 g/mol. The van der Waals surface area contributed by atoms with E-state index in [1.807, 2.05) is 0 Å². The summed E-state index contributed by atoms with van der Waals surface area (Å²) in [6, 6.07) is 1.48. The molecule has 1 aliphatic rings. The third kappa shape index (κ3) is 2.04. The molecule has 0 saturated carbocycles. The molecule has 0 bridgehead atoms. The standard InChI is InChI=1S/C10H15N3O4/c1-5-8(15)6(4-14)17-9(5)13-3-2-7(11)12-10(13)16/h2-3,5-6,8-9,14-15H,4H2,1H3,(H2,11,12,16)/t5-,6+,8-,9?/m0/s1. The number of nitrogens with two attached hydrogens (primary N) is 1. The Morgan fingerprint density at radius 2 is 2.35 bits per heavy atom. The largest absolute Gasteiger partial charge is 0.394 e. The Labute approximate surface area is 97.5 Å². The molecule has 4 N–H and O–H groups in total. The van der Waals surface area contributed by atoms with Gasteiger partial charge in [-0.05, 0) is 6.07 Å². The Bertz CT molecular complexity index is 461. The molecule has 0 radical (unpaired) electrons. The van der Waals surface area contributed by atoms with Crippen molar-refractivity contribution >= 4 is 5.82 Å². The van der Waals surface area contributed by atoms with E-state index in [9.17, 15) is 9.90 Å². The highest BCUT2D eigenvalue weighted by Crippen LogP contribution is 2.33. The number of hydrogen-bond acceptors (Lipinski definition) is 6. The van der Waals surface area contributed by atoms with Gasteiger partial charge >= 0.3 is 5.69 Å². The first-order valence-electron chi connectivity index (χ1n) is 5.33. The van der Waals surface area contributed by atoms with Gasteiger partial charge in [-0.15, -0.1) is 0 Å². The summed E-state index contributed by atoms with van der Waals surface area (Å²) in [5.41, 5.74) is 4.85. The van der Waals surface area contributed by atoms with Crippen molar-refractivity contribution in [3.8, 4) is 0 Å². The molecule has 94 valence electrons. The fraction of sp³-hybridized carbons (Fsp3) is 0.600. The Kier molecular flexibility index (Phi) is 3.14. The van der Waals surface area contributed by atoms with Gasteiger partial charge in [-0.3, -0.25) is 4.57 Å². The van der Waals surface area contributed by atoms with Crippen molar-refractivity contribution in [2.75, 3.05) is 12.3 Å². The van der Waals surface area contributed by atoms with E-state index in [0.29, 0.717) is 0 Å². The second-order valence-electron chi connectivity index (χ2n) is 4.14. The van der Waals surface area contributed by atoms with Crippen LogP contribution in [0.25, 0.3) is 0 Å². The van der Waals surface area contributed by atoms with Crippen LogP contribution in [0.15, 0.2) is 17.1 Å². The lowest BCUT2D eigenvalue weighted by Gasteiger charge is -2.17. The second kappa shape index (κ2) is 4.44. The number of nitrogen functional groups attached to an aromatic ring is 1. The highest BCUT2D eigenvalue weighted by molar-refractivity contribution is 5.23. The smallest absolute Gasteiger partial charge is 0.351 e. The van der Waals surface area contributed by atoms with Crippen molar-refractivity contribution in [1.29, 1.82) is 0 Å². The minimum absolute atomic E-state index is 0.135. The Hall–Kier alpha value is -1.44.